The zero-order chi connectivity index (χ0) is 24.0. The summed E-state index contributed by atoms with van der Waals surface area (Å²) in [5.41, 5.74) is 0.919. The number of thioether (sulfide) groups is 1. The molecule has 0 aliphatic heterocycles. The number of benzene rings is 1. The number of halogens is 1. The molecule has 7 nitrogen and oxygen atoms in total. The predicted octanol–water partition coefficient (Wildman–Crippen LogP) is 4.14. The van der Waals surface area contributed by atoms with Crippen LogP contribution in [0.1, 0.15) is 47.5 Å². The minimum Gasteiger partial charge on any atom is -0.462 e. The molecule has 2 aromatic heterocycles. The van der Waals surface area contributed by atoms with Gasteiger partial charge >= 0.3 is 5.97 Å². The van der Waals surface area contributed by atoms with E-state index in [-0.39, 0.29) is 36.2 Å². The summed E-state index contributed by atoms with van der Waals surface area (Å²) in [5, 5.41) is 3.56. The van der Waals surface area contributed by atoms with Gasteiger partial charge in [0.05, 0.1) is 24.3 Å². The number of nitrogens with one attached hydrogen (secondary N) is 1. The van der Waals surface area contributed by atoms with Crippen molar-refractivity contribution in [1.82, 2.24) is 14.9 Å². The summed E-state index contributed by atoms with van der Waals surface area (Å²) in [4.78, 5) is 43.4. The normalized spacial score (nSPS) is 11.0. The first-order chi connectivity index (χ1) is 15.8. The molecule has 1 amide bonds. The molecule has 176 valence electrons. The quantitative estimate of drug-likeness (QED) is 0.198. The van der Waals surface area contributed by atoms with Gasteiger partial charge in [0.1, 0.15) is 15.5 Å². The molecule has 1 aromatic carbocycles. The lowest BCUT2D eigenvalue weighted by molar-refractivity contribution is -0.118. The van der Waals surface area contributed by atoms with Gasteiger partial charge in [-0.25, -0.2) is 14.2 Å². The van der Waals surface area contributed by atoms with Gasteiger partial charge in [0.15, 0.2) is 5.16 Å². The van der Waals surface area contributed by atoms with E-state index in [0.29, 0.717) is 37.9 Å². The number of unbranched alkanes of at least 4 members (excludes halogenated alkanes) is 1. The molecule has 0 aliphatic carbocycles. The summed E-state index contributed by atoms with van der Waals surface area (Å²) in [6.07, 6.45) is 1.87. The van der Waals surface area contributed by atoms with Crippen molar-refractivity contribution in [2.75, 3.05) is 18.9 Å². The largest absolute Gasteiger partial charge is 0.462 e. The third-order valence-electron chi connectivity index (χ3n) is 4.91. The summed E-state index contributed by atoms with van der Waals surface area (Å²) in [6.45, 7) is 6.44. The maximum atomic E-state index is 13.5. The number of amides is 1. The number of hydrogen-bond donors (Lipinski definition) is 1. The van der Waals surface area contributed by atoms with Crippen molar-refractivity contribution in [3.63, 3.8) is 0 Å². The van der Waals surface area contributed by atoms with E-state index >= 15 is 0 Å². The zero-order valence-corrected chi connectivity index (χ0v) is 20.4. The third kappa shape index (κ3) is 6.00. The molecule has 1 N–H and O–H groups in total. The number of carbonyl (C=O) groups excluding carboxylic acids is 2. The fourth-order valence-electron chi connectivity index (χ4n) is 3.20. The molecule has 0 saturated heterocycles. The summed E-state index contributed by atoms with van der Waals surface area (Å²) in [6, 6.07) is 5.86. The number of esters is 1. The highest BCUT2D eigenvalue weighted by atomic mass is 32.2. The monoisotopic (exact) mass is 491 g/mol. The van der Waals surface area contributed by atoms with E-state index in [1.54, 1.807) is 26.0 Å². The molecule has 33 heavy (non-hydrogen) atoms. The number of fused-ring (bicyclic) bond motifs is 1. The molecule has 3 rings (SSSR count). The highest BCUT2D eigenvalue weighted by Crippen LogP contribution is 2.30. The first kappa shape index (κ1) is 24.9. The van der Waals surface area contributed by atoms with Gasteiger partial charge in [0.25, 0.3) is 5.56 Å². The Morgan fingerprint density at radius 3 is 2.64 bits per heavy atom. The van der Waals surface area contributed by atoms with Crippen molar-refractivity contribution in [1.29, 1.82) is 0 Å². The molecule has 2 heterocycles. The zero-order valence-electron chi connectivity index (χ0n) is 18.8. The van der Waals surface area contributed by atoms with Crippen LogP contribution in [0.3, 0.4) is 0 Å². The maximum absolute atomic E-state index is 13.5. The van der Waals surface area contributed by atoms with Crippen LogP contribution in [-0.4, -0.2) is 40.3 Å². The highest BCUT2D eigenvalue weighted by Gasteiger charge is 2.23. The molecule has 0 radical (unpaired) electrons. The van der Waals surface area contributed by atoms with E-state index < -0.39 is 5.97 Å². The molecule has 0 saturated carbocycles. The SMILES string of the molecule is CCCCNC(=O)CSc1nc2sc(C(=O)OCC)c(C)c2c(=O)n1Cc1ccc(F)cc1. The number of aryl methyl sites for hydroxylation is 1. The Hall–Kier alpha value is -2.72. The molecule has 0 bridgehead atoms. The van der Waals surface area contributed by atoms with Crippen LogP contribution in [0.4, 0.5) is 4.39 Å². The van der Waals surface area contributed by atoms with Crippen LogP contribution >= 0.6 is 23.1 Å². The van der Waals surface area contributed by atoms with E-state index in [2.05, 4.69) is 10.3 Å². The lowest BCUT2D eigenvalue weighted by Crippen LogP contribution is -2.28. The number of aromatic nitrogens is 2. The molecule has 3 aromatic rings. The second-order valence-corrected chi connectivity index (χ2v) is 9.30. The van der Waals surface area contributed by atoms with Gasteiger partial charge in [-0.15, -0.1) is 11.3 Å². The summed E-state index contributed by atoms with van der Waals surface area (Å²) >= 11 is 2.26. The van der Waals surface area contributed by atoms with Gasteiger partial charge in [0.2, 0.25) is 5.91 Å². The Balaban J connectivity index is 2.01. The Morgan fingerprint density at radius 1 is 1.24 bits per heavy atom. The minimum absolute atomic E-state index is 0.0974. The Bertz CT molecular complexity index is 1210. The molecule has 0 fully saturated rings. The van der Waals surface area contributed by atoms with E-state index in [1.807, 2.05) is 6.92 Å². The fraction of sp³-hybridized carbons (Fsp3) is 0.391. The van der Waals surface area contributed by atoms with Crippen molar-refractivity contribution in [2.24, 2.45) is 0 Å². The molecular weight excluding hydrogens is 465 g/mol. The van der Waals surface area contributed by atoms with Gasteiger partial charge in [0, 0.05) is 6.54 Å². The minimum atomic E-state index is -0.494. The predicted molar refractivity (Wildman–Crippen MR) is 129 cm³/mol. The molecule has 10 heteroatoms. The lowest BCUT2D eigenvalue weighted by atomic mass is 10.2. The van der Waals surface area contributed by atoms with E-state index in [9.17, 15) is 18.8 Å². The Kier molecular flexibility index (Phi) is 8.62. The first-order valence-electron chi connectivity index (χ1n) is 10.7. The topological polar surface area (TPSA) is 90.3 Å². The number of hydrogen-bond acceptors (Lipinski definition) is 7. The highest BCUT2D eigenvalue weighted by molar-refractivity contribution is 7.99. The Morgan fingerprint density at radius 2 is 1.97 bits per heavy atom. The van der Waals surface area contributed by atoms with Crippen LogP contribution in [0.2, 0.25) is 0 Å². The fourth-order valence-corrected chi connectivity index (χ4v) is 5.14. The van der Waals surface area contributed by atoms with Crippen molar-refractivity contribution >= 4 is 45.2 Å². The summed E-state index contributed by atoms with van der Waals surface area (Å²) < 4.78 is 19.9. The van der Waals surface area contributed by atoms with Crippen LogP contribution in [0.15, 0.2) is 34.2 Å². The van der Waals surface area contributed by atoms with Gasteiger partial charge in [-0.3, -0.25) is 14.2 Å². The summed E-state index contributed by atoms with van der Waals surface area (Å²) in [5.74, 6) is -0.913. The Labute approximate surface area is 199 Å². The average Bonchev–Trinajstić information content (AvgIpc) is 3.12. The van der Waals surface area contributed by atoms with Crippen molar-refractivity contribution in [3.05, 3.63) is 56.4 Å². The number of rotatable bonds is 10. The van der Waals surface area contributed by atoms with E-state index in [1.165, 1.54) is 16.7 Å². The number of nitrogens with zero attached hydrogens (tertiary/aromatic N) is 2. The van der Waals surface area contributed by atoms with E-state index in [0.717, 1.165) is 35.9 Å². The lowest BCUT2D eigenvalue weighted by Gasteiger charge is -2.12. The van der Waals surface area contributed by atoms with Gasteiger partial charge in [-0.2, -0.15) is 0 Å². The van der Waals surface area contributed by atoms with Crippen LogP contribution in [0.5, 0.6) is 0 Å². The van der Waals surface area contributed by atoms with Gasteiger partial charge < -0.3 is 10.1 Å². The standard InChI is InChI=1S/C23H26FN3O4S2/c1-4-6-11-25-17(28)13-32-23-26-20-18(14(3)19(33-20)22(30)31-5-2)21(29)27(23)12-15-7-9-16(24)10-8-15/h7-10H,4-6,11-13H2,1-3H3,(H,25,28). The second-order valence-electron chi connectivity index (χ2n) is 7.36. The maximum Gasteiger partial charge on any atom is 0.348 e. The number of carbonyl (C=O) groups is 2. The second kappa shape index (κ2) is 11.4. The van der Waals surface area contributed by atoms with Crippen LogP contribution in [0, 0.1) is 12.7 Å². The first-order valence-corrected chi connectivity index (χ1v) is 12.5. The van der Waals surface area contributed by atoms with Crippen molar-refractivity contribution in [2.45, 2.75) is 45.3 Å². The van der Waals surface area contributed by atoms with Crippen molar-refractivity contribution in [3.8, 4) is 0 Å². The van der Waals surface area contributed by atoms with Crippen LogP contribution in [0.25, 0.3) is 10.2 Å². The number of thiophene rings is 1. The molecule has 0 spiro atoms. The van der Waals surface area contributed by atoms with Crippen molar-refractivity contribution < 1.29 is 18.7 Å². The molecule has 0 atom stereocenters. The van der Waals surface area contributed by atoms with Crippen LogP contribution < -0.4 is 10.9 Å². The van der Waals surface area contributed by atoms with Gasteiger partial charge in [-0.1, -0.05) is 37.2 Å². The average molecular weight is 492 g/mol. The summed E-state index contributed by atoms with van der Waals surface area (Å²) in [7, 11) is 0. The molecule has 0 aliphatic rings. The van der Waals surface area contributed by atoms with E-state index in [4.69, 9.17) is 4.74 Å². The molecule has 0 unspecified atom stereocenters. The third-order valence-corrected chi connectivity index (χ3v) is 7.06. The smallest absolute Gasteiger partial charge is 0.348 e. The van der Waals surface area contributed by atoms with Crippen LogP contribution in [-0.2, 0) is 16.1 Å². The van der Waals surface area contributed by atoms with Gasteiger partial charge in [-0.05, 0) is 43.5 Å². The molecular formula is C23H26FN3O4S2. The number of ether oxygens (including phenoxy) is 1.